The van der Waals surface area contributed by atoms with E-state index in [2.05, 4.69) is 0 Å². The highest BCUT2D eigenvalue weighted by Crippen LogP contribution is 2.15. The number of unbranched alkanes of at least 4 members (excludes halogenated alkanes) is 1. The number of benzene rings is 2. The van der Waals surface area contributed by atoms with Gasteiger partial charge in [0.2, 0.25) is 0 Å². The molecule has 5 nitrogen and oxygen atoms in total. The van der Waals surface area contributed by atoms with E-state index >= 15 is 0 Å². The average Bonchev–Trinajstić information content (AvgIpc) is 2.67. The monoisotopic (exact) mass is 356 g/mol. The Hall–Kier alpha value is -2.82. The van der Waals surface area contributed by atoms with E-state index in [1.165, 1.54) is 6.92 Å². The van der Waals surface area contributed by atoms with Crippen molar-refractivity contribution in [1.29, 1.82) is 0 Å². The lowest BCUT2D eigenvalue weighted by atomic mass is 10.2. The summed E-state index contributed by atoms with van der Waals surface area (Å²) in [5, 5.41) is 0. The van der Waals surface area contributed by atoms with Gasteiger partial charge >= 0.3 is 11.9 Å². The van der Waals surface area contributed by atoms with Crippen LogP contribution in [-0.4, -0.2) is 24.6 Å². The molecule has 0 fully saturated rings. The van der Waals surface area contributed by atoms with E-state index in [1.54, 1.807) is 24.3 Å². The maximum atomic E-state index is 12.1. The maximum Gasteiger partial charge on any atom is 0.347 e. The highest BCUT2D eigenvalue weighted by Gasteiger charge is 2.20. The third-order valence-corrected chi connectivity index (χ3v) is 3.70. The predicted octanol–water partition coefficient (Wildman–Crippen LogP) is 4.15. The molecule has 0 spiro atoms. The van der Waals surface area contributed by atoms with Crippen molar-refractivity contribution < 1.29 is 23.8 Å². The molecule has 0 radical (unpaired) electrons. The lowest BCUT2D eigenvalue weighted by Gasteiger charge is -2.13. The van der Waals surface area contributed by atoms with Crippen LogP contribution in [0, 0.1) is 0 Å². The van der Waals surface area contributed by atoms with Gasteiger partial charge in [0.05, 0.1) is 12.2 Å². The van der Waals surface area contributed by atoms with Crippen molar-refractivity contribution in [3.05, 3.63) is 65.7 Å². The van der Waals surface area contributed by atoms with Crippen molar-refractivity contribution >= 4 is 11.9 Å². The number of carbonyl (C=O) groups is 2. The van der Waals surface area contributed by atoms with E-state index < -0.39 is 18.0 Å². The number of carbonyl (C=O) groups excluding carboxylic acids is 2. The van der Waals surface area contributed by atoms with Crippen LogP contribution in [0.3, 0.4) is 0 Å². The van der Waals surface area contributed by atoms with E-state index in [0.29, 0.717) is 24.5 Å². The van der Waals surface area contributed by atoms with Crippen molar-refractivity contribution in [2.45, 2.75) is 39.4 Å². The van der Waals surface area contributed by atoms with E-state index in [1.807, 2.05) is 37.3 Å². The van der Waals surface area contributed by atoms with E-state index in [4.69, 9.17) is 14.2 Å². The van der Waals surface area contributed by atoms with Gasteiger partial charge in [-0.2, -0.15) is 0 Å². The molecule has 0 unspecified atom stereocenters. The molecule has 0 aliphatic carbocycles. The number of hydrogen-bond acceptors (Lipinski definition) is 5. The average molecular weight is 356 g/mol. The summed E-state index contributed by atoms with van der Waals surface area (Å²) in [5.41, 5.74) is 1.41. The van der Waals surface area contributed by atoms with Gasteiger partial charge in [-0.05, 0) is 43.2 Å². The zero-order valence-electron chi connectivity index (χ0n) is 15.1. The van der Waals surface area contributed by atoms with Crippen LogP contribution >= 0.6 is 0 Å². The van der Waals surface area contributed by atoms with Crippen LogP contribution in [0.2, 0.25) is 0 Å². The highest BCUT2D eigenvalue weighted by atomic mass is 16.6. The van der Waals surface area contributed by atoms with Gasteiger partial charge in [-0.15, -0.1) is 0 Å². The summed E-state index contributed by atoms with van der Waals surface area (Å²) in [5.74, 6) is -0.452. The quantitative estimate of drug-likeness (QED) is 0.499. The Morgan fingerprint density at radius 1 is 1.00 bits per heavy atom. The Balaban J connectivity index is 1.83. The molecule has 138 valence electrons. The maximum absolute atomic E-state index is 12.1. The van der Waals surface area contributed by atoms with E-state index in [-0.39, 0.29) is 0 Å². The largest absolute Gasteiger partial charge is 0.489 e. The first-order valence-electron chi connectivity index (χ1n) is 8.74. The zero-order chi connectivity index (χ0) is 18.8. The summed E-state index contributed by atoms with van der Waals surface area (Å²) in [7, 11) is 0. The number of ether oxygens (including phenoxy) is 3. The van der Waals surface area contributed by atoms with Gasteiger partial charge in [0, 0.05) is 0 Å². The molecule has 0 heterocycles. The van der Waals surface area contributed by atoms with Gasteiger partial charge in [0.1, 0.15) is 12.4 Å². The number of esters is 2. The van der Waals surface area contributed by atoms with Gasteiger partial charge in [0.25, 0.3) is 0 Å². The molecule has 2 rings (SSSR count). The molecule has 5 heteroatoms. The standard InChI is InChI=1S/C21H24O5/c1-3-4-14-24-20(22)16(2)26-21(23)18-10-12-19(13-11-18)25-15-17-8-6-5-7-9-17/h5-13,16H,3-4,14-15H2,1-2H3/t16-/m0/s1. The second-order valence-electron chi connectivity index (χ2n) is 5.87. The first-order chi connectivity index (χ1) is 12.6. The molecule has 0 bridgehead atoms. The molecule has 0 aliphatic heterocycles. The van der Waals surface area contributed by atoms with Gasteiger partial charge < -0.3 is 14.2 Å². The molecule has 1 atom stereocenters. The lowest BCUT2D eigenvalue weighted by Crippen LogP contribution is -2.26. The summed E-state index contributed by atoms with van der Waals surface area (Å²) in [4.78, 5) is 23.8. The molecule has 0 saturated heterocycles. The molecule has 0 N–H and O–H groups in total. The summed E-state index contributed by atoms with van der Waals surface area (Å²) in [6.45, 7) is 4.30. The fourth-order valence-corrected chi connectivity index (χ4v) is 2.14. The topological polar surface area (TPSA) is 61.8 Å². The minimum atomic E-state index is -0.937. The Morgan fingerprint density at radius 3 is 2.35 bits per heavy atom. The SMILES string of the molecule is CCCCOC(=O)[C@H](C)OC(=O)c1ccc(OCc2ccccc2)cc1. The summed E-state index contributed by atoms with van der Waals surface area (Å²) in [6, 6.07) is 16.4. The second-order valence-corrected chi connectivity index (χ2v) is 5.87. The van der Waals surface area contributed by atoms with Crippen molar-refractivity contribution in [2.75, 3.05) is 6.61 Å². The molecule has 2 aromatic carbocycles. The highest BCUT2D eigenvalue weighted by molar-refractivity contribution is 5.91. The van der Waals surface area contributed by atoms with Crippen LogP contribution in [0.25, 0.3) is 0 Å². The normalized spacial score (nSPS) is 11.5. The van der Waals surface area contributed by atoms with E-state index in [9.17, 15) is 9.59 Å². The molecule has 0 aromatic heterocycles. The molecule has 0 amide bonds. The smallest absolute Gasteiger partial charge is 0.347 e. The Morgan fingerprint density at radius 2 is 1.69 bits per heavy atom. The van der Waals surface area contributed by atoms with Crippen LogP contribution in [-0.2, 0) is 20.9 Å². The fourth-order valence-electron chi connectivity index (χ4n) is 2.14. The fraction of sp³-hybridized carbons (Fsp3) is 0.333. The van der Waals surface area contributed by atoms with E-state index in [0.717, 1.165) is 18.4 Å². The molecular formula is C21H24O5. The van der Waals surface area contributed by atoms with Crippen LogP contribution in [0.4, 0.5) is 0 Å². The Labute approximate surface area is 153 Å². The van der Waals surface area contributed by atoms with Crippen LogP contribution in [0.1, 0.15) is 42.6 Å². The van der Waals surface area contributed by atoms with Gasteiger partial charge in [-0.25, -0.2) is 9.59 Å². The van der Waals surface area contributed by atoms with Gasteiger partial charge in [-0.1, -0.05) is 43.7 Å². The number of rotatable bonds is 9. The molecular weight excluding hydrogens is 332 g/mol. The zero-order valence-corrected chi connectivity index (χ0v) is 15.1. The van der Waals surface area contributed by atoms with Crippen molar-refractivity contribution in [1.82, 2.24) is 0 Å². The minimum Gasteiger partial charge on any atom is -0.489 e. The summed E-state index contributed by atoms with van der Waals surface area (Å²) in [6.07, 6.45) is 0.783. The van der Waals surface area contributed by atoms with Gasteiger partial charge in [0.15, 0.2) is 6.10 Å². The van der Waals surface area contributed by atoms with Crippen molar-refractivity contribution in [2.24, 2.45) is 0 Å². The Kier molecular flexibility index (Phi) is 7.68. The lowest BCUT2D eigenvalue weighted by molar-refractivity contribution is -0.153. The Bertz CT molecular complexity index is 694. The first-order valence-corrected chi connectivity index (χ1v) is 8.74. The molecule has 0 aliphatic rings. The van der Waals surface area contributed by atoms with Crippen molar-refractivity contribution in [3.8, 4) is 5.75 Å². The summed E-state index contributed by atoms with van der Waals surface area (Å²) >= 11 is 0. The van der Waals surface area contributed by atoms with Gasteiger partial charge in [-0.3, -0.25) is 0 Å². The summed E-state index contributed by atoms with van der Waals surface area (Å²) < 4.78 is 15.9. The second kappa shape index (κ2) is 10.2. The molecule has 26 heavy (non-hydrogen) atoms. The molecule has 2 aromatic rings. The minimum absolute atomic E-state index is 0.338. The third-order valence-electron chi connectivity index (χ3n) is 3.70. The predicted molar refractivity (Wildman–Crippen MR) is 98.0 cm³/mol. The van der Waals surface area contributed by atoms with Crippen LogP contribution in [0.5, 0.6) is 5.75 Å². The molecule has 0 saturated carbocycles. The van der Waals surface area contributed by atoms with Crippen LogP contribution in [0.15, 0.2) is 54.6 Å². The van der Waals surface area contributed by atoms with Crippen LogP contribution < -0.4 is 4.74 Å². The number of hydrogen-bond donors (Lipinski definition) is 0. The third kappa shape index (κ3) is 6.24. The van der Waals surface area contributed by atoms with Crippen molar-refractivity contribution in [3.63, 3.8) is 0 Å². The first kappa shape index (κ1) is 19.5.